The molecule has 7 heteroatoms. The first-order valence-corrected chi connectivity index (χ1v) is 9.99. The Morgan fingerprint density at radius 1 is 1.22 bits per heavy atom. The van der Waals surface area contributed by atoms with E-state index in [1.807, 2.05) is 0 Å². The van der Waals surface area contributed by atoms with Crippen LogP contribution in [0, 0.1) is 11.6 Å². The molecule has 0 atom stereocenters. The molecule has 0 spiro atoms. The number of hydrogen-bond acceptors (Lipinski definition) is 4. The molecule has 0 aliphatic heterocycles. The number of carboxylic acids is 1. The average Bonchev–Trinajstić information content (AvgIpc) is 3.13. The van der Waals surface area contributed by atoms with Gasteiger partial charge in [-0.2, -0.15) is 0 Å². The second-order valence-corrected chi connectivity index (χ2v) is 7.61. The summed E-state index contributed by atoms with van der Waals surface area (Å²) >= 11 is 0.986. The van der Waals surface area contributed by atoms with Crippen molar-refractivity contribution in [2.24, 2.45) is 0 Å². The number of halogens is 2. The van der Waals surface area contributed by atoms with Crippen LogP contribution in [-0.4, -0.2) is 27.9 Å². The minimum absolute atomic E-state index is 0.0218. The zero-order chi connectivity index (χ0) is 19.2. The van der Waals surface area contributed by atoms with Gasteiger partial charge in [0.1, 0.15) is 17.7 Å². The normalized spacial score (nSPS) is 14.4. The number of thioether (sulfide) groups is 1. The van der Waals surface area contributed by atoms with E-state index >= 15 is 0 Å². The number of carbonyl (C=O) groups is 1. The molecule has 3 rings (SSSR count). The van der Waals surface area contributed by atoms with Gasteiger partial charge in [-0.15, -0.1) is 11.8 Å². The molecule has 1 aliphatic rings. The van der Waals surface area contributed by atoms with Crippen LogP contribution in [0.3, 0.4) is 0 Å². The largest absolute Gasteiger partial charge is 0.481 e. The average molecular weight is 393 g/mol. The van der Waals surface area contributed by atoms with Crippen LogP contribution in [0.15, 0.2) is 35.2 Å². The van der Waals surface area contributed by atoms with Crippen LogP contribution in [0.2, 0.25) is 0 Å². The molecule has 1 N–H and O–H groups in total. The Labute approximate surface area is 161 Å². The van der Waals surface area contributed by atoms with Crippen LogP contribution in [0.5, 0.6) is 5.88 Å². The highest BCUT2D eigenvalue weighted by Gasteiger charge is 2.18. The number of ether oxygens (including phenoxy) is 1. The fraction of sp³-hybridized carbons (Fsp3) is 0.400. The van der Waals surface area contributed by atoms with Crippen molar-refractivity contribution in [1.82, 2.24) is 4.98 Å². The molecular weight excluding hydrogens is 372 g/mol. The molecule has 27 heavy (non-hydrogen) atoms. The maximum atomic E-state index is 14.4. The maximum Gasteiger partial charge on any atom is 0.303 e. The second kappa shape index (κ2) is 9.17. The Bertz CT molecular complexity index is 787. The van der Waals surface area contributed by atoms with Crippen LogP contribution in [0.4, 0.5) is 8.78 Å². The minimum atomic E-state index is -0.919. The van der Waals surface area contributed by atoms with Crippen LogP contribution in [0.25, 0.3) is 11.3 Å². The fourth-order valence-electron chi connectivity index (χ4n) is 3.06. The van der Waals surface area contributed by atoms with Gasteiger partial charge in [0.25, 0.3) is 0 Å². The highest BCUT2D eigenvalue weighted by Crippen LogP contribution is 2.31. The van der Waals surface area contributed by atoms with Gasteiger partial charge >= 0.3 is 5.97 Å². The number of aromatic nitrogens is 1. The lowest BCUT2D eigenvalue weighted by atomic mass is 10.1. The van der Waals surface area contributed by atoms with Crippen LogP contribution < -0.4 is 4.74 Å². The van der Waals surface area contributed by atoms with E-state index in [2.05, 4.69) is 4.98 Å². The molecule has 0 saturated heterocycles. The van der Waals surface area contributed by atoms with E-state index in [0.717, 1.165) is 37.4 Å². The molecule has 1 fully saturated rings. The summed E-state index contributed by atoms with van der Waals surface area (Å²) in [5, 5.41) is 8.62. The first-order valence-electron chi connectivity index (χ1n) is 9.00. The van der Waals surface area contributed by atoms with Crippen molar-refractivity contribution in [3.8, 4) is 17.1 Å². The highest BCUT2D eigenvalue weighted by atomic mass is 32.2. The summed E-state index contributed by atoms with van der Waals surface area (Å²) < 4.78 is 34.6. The summed E-state index contributed by atoms with van der Waals surface area (Å²) in [6.07, 6.45) is 4.78. The smallest absolute Gasteiger partial charge is 0.303 e. The lowest BCUT2D eigenvalue weighted by molar-refractivity contribution is -0.137. The highest BCUT2D eigenvalue weighted by molar-refractivity contribution is 7.99. The molecule has 1 aromatic heterocycles. The summed E-state index contributed by atoms with van der Waals surface area (Å²) in [4.78, 5) is 14.8. The lowest BCUT2D eigenvalue weighted by Crippen LogP contribution is -2.11. The van der Waals surface area contributed by atoms with Crippen LogP contribution in [-0.2, 0) is 4.79 Å². The predicted octanol–water partition coefficient (Wildman–Crippen LogP) is 5.31. The van der Waals surface area contributed by atoms with Gasteiger partial charge in [-0.25, -0.2) is 13.8 Å². The monoisotopic (exact) mass is 393 g/mol. The van der Waals surface area contributed by atoms with E-state index in [0.29, 0.717) is 29.3 Å². The van der Waals surface area contributed by atoms with Gasteiger partial charge in [-0.3, -0.25) is 4.79 Å². The van der Waals surface area contributed by atoms with Gasteiger partial charge in [0, 0.05) is 18.1 Å². The van der Waals surface area contributed by atoms with E-state index in [-0.39, 0.29) is 17.4 Å². The number of hydrogen-bond donors (Lipinski definition) is 1. The van der Waals surface area contributed by atoms with Gasteiger partial charge in [-0.05, 0) is 56.1 Å². The molecule has 2 aromatic rings. The van der Waals surface area contributed by atoms with Crippen molar-refractivity contribution >= 4 is 17.7 Å². The summed E-state index contributed by atoms with van der Waals surface area (Å²) in [5.74, 6) is -1.46. The van der Waals surface area contributed by atoms with Gasteiger partial charge < -0.3 is 9.84 Å². The van der Waals surface area contributed by atoms with Gasteiger partial charge in [0.15, 0.2) is 0 Å². The Hall–Kier alpha value is -2.15. The number of rotatable bonds is 8. The Kier molecular flexibility index (Phi) is 6.66. The SMILES string of the molecule is O=C(O)CCCSc1c(F)cc(-c2cccc(OC3CCCC3)n2)cc1F. The first-order chi connectivity index (χ1) is 13.0. The van der Waals surface area contributed by atoms with Crippen LogP contribution in [0.1, 0.15) is 38.5 Å². The third-order valence-corrected chi connectivity index (χ3v) is 5.56. The van der Waals surface area contributed by atoms with Gasteiger partial charge in [0.2, 0.25) is 5.88 Å². The third-order valence-electron chi connectivity index (χ3n) is 4.39. The third kappa shape index (κ3) is 5.42. The zero-order valence-corrected chi connectivity index (χ0v) is 15.6. The predicted molar refractivity (Wildman–Crippen MR) is 100 cm³/mol. The number of nitrogens with zero attached hydrogens (tertiary/aromatic N) is 1. The standard InChI is InChI=1S/C20H21F2NO3S/c21-15-11-13(12-16(22)20(15)27-10-4-9-19(24)25)17-7-3-8-18(23-17)26-14-5-1-2-6-14/h3,7-8,11-12,14H,1-2,4-6,9-10H2,(H,24,25). The summed E-state index contributed by atoms with van der Waals surface area (Å²) in [7, 11) is 0. The zero-order valence-electron chi connectivity index (χ0n) is 14.8. The van der Waals surface area contributed by atoms with E-state index in [1.165, 1.54) is 12.1 Å². The molecule has 0 unspecified atom stereocenters. The van der Waals surface area contributed by atoms with Crippen molar-refractivity contribution in [3.05, 3.63) is 42.0 Å². The Morgan fingerprint density at radius 3 is 2.59 bits per heavy atom. The molecular formula is C20H21F2NO3S. The van der Waals surface area contributed by atoms with Crippen molar-refractivity contribution in [2.45, 2.75) is 49.5 Å². The van der Waals surface area contributed by atoms with Crippen LogP contribution >= 0.6 is 11.8 Å². The van der Waals surface area contributed by atoms with E-state index in [4.69, 9.17) is 9.84 Å². The Balaban J connectivity index is 1.72. The molecule has 4 nitrogen and oxygen atoms in total. The first kappa shape index (κ1) is 19.6. The molecule has 1 aliphatic carbocycles. The number of benzene rings is 1. The molecule has 144 valence electrons. The van der Waals surface area contributed by atoms with E-state index in [9.17, 15) is 13.6 Å². The maximum absolute atomic E-state index is 14.4. The van der Waals surface area contributed by atoms with E-state index < -0.39 is 17.6 Å². The molecule has 0 bridgehead atoms. The summed E-state index contributed by atoms with van der Waals surface area (Å²) in [5.41, 5.74) is 0.794. The molecule has 0 radical (unpaired) electrons. The molecule has 1 saturated carbocycles. The minimum Gasteiger partial charge on any atom is -0.481 e. The summed E-state index contributed by atoms with van der Waals surface area (Å²) in [6.45, 7) is 0. The van der Waals surface area contributed by atoms with Crippen molar-refractivity contribution < 1.29 is 23.4 Å². The number of pyridine rings is 1. The second-order valence-electron chi connectivity index (χ2n) is 6.50. The van der Waals surface area contributed by atoms with Crippen molar-refractivity contribution in [2.75, 3.05) is 5.75 Å². The topological polar surface area (TPSA) is 59.4 Å². The van der Waals surface area contributed by atoms with E-state index in [1.54, 1.807) is 18.2 Å². The lowest BCUT2D eigenvalue weighted by Gasteiger charge is -2.13. The number of carboxylic acid groups (broad SMARTS) is 1. The van der Waals surface area contributed by atoms with Crippen molar-refractivity contribution in [1.29, 1.82) is 0 Å². The quantitative estimate of drug-likeness (QED) is 0.487. The van der Waals surface area contributed by atoms with Gasteiger partial charge in [0.05, 0.1) is 10.6 Å². The molecule has 1 heterocycles. The summed E-state index contributed by atoms with van der Waals surface area (Å²) in [6, 6.07) is 7.71. The molecule has 0 amide bonds. The van der Waals surface area contributed by atoms with Gasteiger partial charge in [-0.1, -0.05) is 6.07 Å². The molecule has 1 aromatic carbocycles. The fourth-order valence-corrected chi connectivity index (χ4v) is 3.95. The van der Waals surface area contributed by atoms with Crippen molar-refractivity contribution in [3.63, 3.8) is 0 Å². The number of aliphatic carboxylic acids is 1. The Morgan fingerprint density at radius 2 is 1.93 bits per heavy atom.